The third kappa shape index (κ3) is 5.81. The Kier molecular flexibility index (Phi) is 7.08. The number of carbonyl (C=O) groups is 2. The number of para-hydroxylation sites is 1. The van der Waals surface area contributed by atoms with E-state index in [0.29, 0.717) is 6.54 Å². The average Bonchev–Trinajstić information content (AvgIpc) is 3.17. The highest BCUT2D eigenvalue weighted by Crippen LogP contribution is 2.31. The van der Waals surface area contributed by atoms with Crippen LogP contribution in [0.25, 0.3) is 10.9 Å². The van der Waals surface area contributed by atoms with Crippen LogP contribution in [-0.2, 0) is 9.53 Å². The Hall–Kier alpha value is -3.48. The molecule has 7 nitrogen and oxygen atoms in total. The quantitative estimate of drug-likeness (QED) is 0.578. The van der Waals surface area contributed by atoms with Crippen molar-refractivity contribution in [1.82, 2.24) is 15.2 Å². The van der Waals surface area contributed by atoms with Gasteiger partial charge in [-0.25, -0.2) is 4.79 Å². The smallest absolute Gasteiger partial charge is 0.410 e. The maximum absolute atomic E-state index is 12.6. The van der Waals surface area contributed by atoms with Gasteiger partial charge in [0.25, 0.3) is 0 Å². The first-order valence-corrected chi connectivity index (χ1v) is 10.6. The van der Waals surface area contributed by atoms with E-state index in [1.807, 2.05) is 48.7 Å². The number of rotatable bonds is 7. The molecule has 32 heavy (non-hydrogen) atoms. The highest BCUT2D eigenvalue weighted by atomic mass is 16.6. The van der Waals surface area contributed by atoms with E-state index in [1.54, 1.807) is 34.9 Å². The molecule has 0 saturated carbocycles. The van der Waals surface area contributed by atoms with Crippen molar-refractivity contribution in [3.05, 3.63) is 65.9 Å². The van der Waals surface area contributed by atoms with Crippen molar-refractivity contribution >= 4 is 22.9 Å². The van der Waals surface area contributed by atoms with Crippen molar-refractivity contribution in [2.24, 2.45) is 0 Å². The lowest BCUT2D eigenvalue weighted by molar-refractivity contribution is -0.122. The monoisotopic (exact) mass is 437 g/mol. The Bertz CT molecular complexity index is 1070. The molecule has 0 spiro atoms. The van der Waals surface area contributed by atoms with Gasteiger partial charge < -0.3 is 24.7 Å². The molecule has 2 aromatic carbocycles. The summed E-state index contributed by atoms with van der Waals surface area (Å²) >= 11 is 0. The number of hydrogen-bond acceptors (Lipinski definition) is 4. The number of methoxy groups -OCH3 is 1. The molecule has 3 aromatic rings. The first-order chi connectivity index (χ1) is 15.2. The molecule has 170 valence electrons. The number of nitrogens with one attached hydrogen (secondary N) is 2. The Morgan fingerprint density at radius 2 is 1.78 bits per heavy atom. The molecule has 0 aliphatic carbocycles. The maximum atomic E-state index is 12.6. The number of likely N-dealkylation sites (N-methyl/N-ethyl adjacent to an activating group) is 1. The summed E-state index contributed by atoms with van der Waals surface area (Å²) in [6.07, 6.45) is 1.45. The van der Waals surface area contributed by atoms with Gasteiger partial charge in [-0.2, -0.15) is 0 Å². The largest absolute Gasteiger partial charge is 0.497 e. The molecule has 1 heterocycles. The molecule has 2 N–H and O–H groups in total. The number of nitrogens with zero attached hydrogens (tertiary/aromatic N) is 1. The van der Waals surface area contributed by atoms with Crippen LogP contribution in [-0.4, -0.2) is 54.7 Å². The Morgan fingerprint density at radius 1 is 1.09 bits per heavy atom. The molecule has 0 saturated heterocycles. The third-order valence-electron chi connectivity index (χ3n) is 5.10. The molecule has 2 amide bonds. The minimum atomic E-state index is -0.614. The molecule has 7 heteroatoms. The standard InChI is InChI=1S/C25H31N3O4/c1-25(2,3)32-24(30)28(4)16-23(29)27-14-20(17-10-12-18(31-5)13-11-17)21-15-26-22-9-7-6-8-19(21)22/h6-13,15,20,26H,14,16H2,1-5H3,(H,27,29). The number of aromatic amines is 1. The Labute approximate surface area is 188 Å². The molecule has 0 bridgehead atoms. The fourth-order valence-corrected chi connectivity index (χ4v) is 3.52. The number of amides is 2. The lowest BCUT2D eigenvalue weighted by Gasteiger charge is -2.24. The summed E-state index contributed by atoms with van der Waals surface area (Å²) in [5.41, 5.74) is 2.57. The highest BCUT2D eigenvalue weighted by molar-refractivity contribution is 5.85. The molecule has 0 fully saturated rings. The molecule has 0 aliphatic heterocycles. The van der Waals surface area contributed by atoms with Crippen molar-refractivity contribution < 1.29 is 19.1 Å². The van der Waals surface area contributed by atoms with Crippen LogP contribution in [0.2, 0.25) is 0 Å². The third-order valence-corrected chi connectivity index (χ3v) is 5.10. The van der Waals surface area contributed by atoms with Gasteiger partial charge in [0, 0.05) is 36.6 Å². The molecule has 1 aromatic heterocycles. The van der Waals surface area contributed by atoms with Gasteiger partial charge in [-0.15, -0.1) is 0 Å². The van der Waals surface area contributed by atoms with E-state index in [4.69, 9.17) is 9.47 Å². The molecule has 3 rings (SSSR count). The van der Waals surface area contributed by atoms with E-state index in [2.05, 4.69) is 16.4 Å². The number of aromatic nitrogens is 1. The topological polar surface area (TPSA) is 83.7 Å². The molecular formula is C25H31N3O4. The van der Waals surface area contributed by atoms with Crippen molar-refractivity contribution in [2.45, 2.75) is 32.3 Å². The van der Waals surface area contributed by atoms with Gasteiger partial charge >= 0.3 is 6.09 Å². The van der Waals surface area contributed by atoms with Crippen LogP contribution in [0.3, 0.4) is 0 Å². The first-order valence-electron chi connectivity index (χ1n) is 10.6. The van der Waals surface area contributed by atoms with Crippen molar-refractivity contribution in [3.63, 3.8) is 0 Å². The summed E-state index contributed by atoms with van der Waals surface area (Å²) in [6.45, 7) is 5.67. The van der Waals surface area contributed by atoms with Gasteiger partial charge in [-0.05, 0) is 50.1 Å². The first kappa shape index (κ1) is 23.2. The van der Waals surface area contributed by atoms with Crippen LogP contribution >= 0.6 is 0 Å². The van der Waals surface area contributed by atoms with Gasteiger partial charge in [0.1, 0.15) is 17.9 Å². The van der Waals surface area contributed by atoms with E-state index >= 15 is 0 Å². The van der Waals surface area contributed by atoms with E-state index < -0.39 is 11.7 Å². The van der Waals surface area contributed by atoms with Gasteiger partial charge in [0.15, 0.2) is 0 Å². The van der Waals surface area contributed by atoms with Gasteiger partial charge in [0.05, 0.1) is 7.11 Å². The van der Waals surface area contributed by atoms with Crippen LogP contribution in [0.4, 0.5) is 4.79 Å². The fraction of sp³-hybridized carbons (Fsp3) is 0.360. The fourth-order valence-electron chi connectivity index (χ4n) is 3.52. The normalized spacial score (nSPS) is 12.3. The zero-order valence-corrected chi connectivity index (χ0v) is 19.3. The second-order valence-electron chi connectivity index (χ2n) is 8.76. The van der Waals surface area contributed by atoms with Gasteiger partial charge in [0.2, 0.25) is 5.91 Å². The second-order valence-corrected chi connectivity index (χ2v) is 8.76. The summed E-state index contributed by atoms with van der Waals surface area (Å²) in [6, 6.07) is 15.9. The summed E-state index contributed by atoms with van der Waals surface area (Å²) < 4.78 is 10.6. The van der Waals surface area contributed by atoms with E-state index in [0.717, 1.165) is 27.8 Å². The van der Waals surface area contributed by atoms with Gasteiger partial charge in [-0.1, -0.05) is 30.3 Å². The molecule has 1 atom stereocenters. The zero-order chi connectivity index (χ0) is 23.3. The minimum absolute atomic E-state index is 0.0761. The van der Waals surface area contributed by atoms with Crippen LogP contribution in [0.15, 0.2) is 54.7 Å². The van der Waals surface area contributed by atoms with Gasteiger partial charge in [-0.3, -0.25) is 4.79 Å². The second kappa shape index (κ2) is 9.77. The predicted molar refractivity (Wildman–Crippen MR) is 125 cm³/mol. The number of ether oxygens (including phenoxy) is 2. The number of benzene rings is 2. The van der Waals surface area contributed by atoms with Crippen molar-refractivity contribution in [2.75, 3.05) is 27.2 Å². The van der Waals surface area contributed by atoms with E-state index in [-0.39, 0.29) is 18.4 Å². The highest BCUT2D eigenvalue weighted by Gasteiger charge is 2.23. The van der Waals surface area contributed by atoms with E-state index in [1.165, 1.54) is 4.90 Å². The summed E-state index contributed by atoms with van der Waals surface area (Å²) in [5.74, 6) is 0.444. The Balaban J connectivity index is 1.76. The zero-order valence-electron chi connectivity index (χ0n) is 19.3. The predicted octanol–water partition coefficient (Wildman–Crippen LogP) is 4.29. The van der Waals surface area contributed by atoms with Crippen LogP contribution in [0.1, 0.15) is 37.8 Å². The maximum Gasteiger partial charge on any atom is 0.410 e. The van der Waals surface area contributed by atoms with E-state index in [9.17, 15) is 9.59 Å². The van der Waals surface area contributed by atoms with Crippen LogP contribution < -0.4 is 10.1 Å². The molecular weight excluding hydrogens is 406 g/mol. The number of hydrogen-bond donors (Lipinski definition) is 2. The number of fused-ring (bicyclic) bond motifs is 1. The minimum Gasteiger partial charge on any atom is -0.497 e. The summed E-state index contributed by atoms with van der Waals surface area (Å²) in [7, 11) is 3.18. The lowest BCUT2D eigenvalue weighted by atomic mass is 9.90. The van der Waals surface area contributed by atoms with Crippen molar-refractivity contribution in [3.8, 4) is 5.75 Å². The average molecular weight is 438 g/mol. The molecule has 1 unspecified atom stereocenters. The van der Waals surface area contributed by atoms with Crippen LogP contribution in [0.5, 0.6) is 5.75 Å². The number of H-pyrrole nitrogens is 1. The summed E-state index contributed by atoms with van der Waals surface area (Å²) in [5, 5.41) is 4.08. The van der Waals surface area contributed by atoms with Crippen molar-refractivity contribution in [1.29, 1.82) is 0 Å². The lowest BCUT2D eigenvalue weighted by Crippen LogP contribution is -2.42. The molecule has 0 radical (unpaired) electrons. The number of carbonyl (C=O) groups excluding carboxylic acids is 2. The van der Waals surface area contributed by atoms with Crippen LogP contribution in [0, 0.1) is 0 Å². The molecule has 0 aliphatic rings. The Morgan fingerprint density at radius 3 is 2.44 bits per heavy atom. The SMILES string of the molecule is COc1ccc(C(CNC(=O)CN(C)C(=O)OC(C)(C)C)c2c[nH]c3ccccc23)cc1. The summed E-state index contributed by atoms with van der Waals surface area (Å²) in [4.78, 5) is 29.3.